The molecule has 1 aromatic carbocycles. The molecule has 0 radical (unpaired) electrons. The smallest absolute Gasteiger partial charge is 0.116 e. The van der Waals surface area contributed by atoms with Gasteiger partial charge in [-0.3, -0.25) is 0 Å². The maximum atomic E-state index is 9.01. The number of nitrogens with one attached hydrogen (secondary N) is 1. The Labute approximate surface area is 85.6 Å². The first-order chi connectivity index (χ1) is 7.36. The van der Waals surface area contributed by atoms with Gasteiger partial charge in [-0.2, -0.15) is 0 Å². The van der Waals surface area contributed by atoms with E-state index in [1.165, 1.54) is 0 Å². The number of aromatic amines is 1. The summed E-state index contributed by atoms with van der Waals surface area (Å²) in [6, 6.07) is 7.75. The molecule has 0 saturated heterocycles. The van der Waals surface area contributed by atoms with Crippen LogP contribution in [0, 0.1) is 0 Å². The molecule has 74 valence electrons. The molecule has 3 aromatic rings. The van der Waals surface area contributed by atoms with Gasteiger partial charge in [0.15, 0.2) is 0 Å². The minimum Gasteiger partial charge on any atom is -0.390 e. The molecule has 0 bridgehead atoms. The van der Waals surface area contributed by atoms with Crippen molar-refractivity contribution in [3.63, 3.8) is 0 Å². The van der Waals surface area contributed by atoms with Crippen molar-refractivity contribution in [1.29, 1.82) is 0 Å². The van der Waals surface area contributed by atoms with Gasteiger partial charge < -0.3 is 10.1 Å². The topological polar surface area (TPSA) is 61.8 Å². The van der Waals surface area contributed by atoms with Crippen LogP contribution in [0.25, 0.3) is 21.9 Å². The highest BCUT2D eigenvalue weighted by Crippen LogP contribution is 2.19. The summed E-state index contributed by atoms with van der Waals surface area (Å²) in [4.78, 5) is 11.4. The number of benzene rings is 1. The molecule has 0 fully saturated rings. The van der Waals surface area contributed by atoms with E-state index in [-0.39, 0.29) is 6.61 Å². The van der Waals surface area contributed by atoms with Crippen molar-refractivity contribution >= 4 is 21.9 Å². The Bertz CT molecular complexity index is 630. The summed E-state index contributed by atoms with van der Waals surface area (Å²) in [6.07, 6.45) is 1.55. The maximum absolute atomic E-state index is 9.01. The molecule has 4 heteroatoms. The summed E-state index contributed by atoms with van der Waals surface area (Å²) in [6.45, 7) is 0.0146. The lowest BCUT2D eigenvalue weighted by Crippen LogP contribution is -1.89. The van der Waals surface area contributed by atoms with Crippen molar-refractivity contribution in [3.8, 4) is 0 Å². The highest BCUT2D eigenvalue weighted by molar-refractivity contribution is 5.92. The SMILES string of the molecule is OCc1ccc2cc3ncnc3cc2[nH]1. The van der Waals surface area contributed by atoms with Crippen molar-refractivity contribution in [3.05, 3.63) is 36.3 Å². The number of nitrogens with zero attached hydrogens (tertiary/aromatic N) is 2. The van der Waals surface area contributed by atoms with Crippen molar-refractivity contribution < 1.29 is 5.11 Å². The third-order valence-electron chi connectivity index (χ3n) is 2.47. The fraction of sp³-hybridized carbons (Fsp3) is 0.0909. The molecule has 15 heavy (non-hydrogen) atoms. The summed E-state index contributed by atoms with van der Waals surface area (Å²) < 4.78 is 0. The normalized spacial score (nSPS) is 11.3. The molecule has 0 saturated carbocycles. The number of pyridine rings is 1. The average Bonchev–Trinajstić information content (AvgIpc) is 2.72. The fourth-order valence-electron chi connectivity index (χ4n) is 1.70. The molecule has 0 spiro atoms. The van der Waals surface area contributed by atoms with Gasteiger partial charge in [0, 0.05) is 16.6 Å². The summed E-state index contributed by atoms with van der Waals surface area (Å²) in [5, 5.41) is 10.1. The Hall–Kier alpha value is -1.94. The fourth-order valence-corrected chi connectivity index (χ4v) is 1.70. The Balaban J connectivity index is 2.38. The Morgan fingerprint density at radius 1 is 1.13 bits per heavy atom. The summed E-state index contributed by atoms with van der Waals surface area (Å²) in [5.74, 6) is 0. The van der Waals surface area contributed by atoms with Crippen LogP contribution in [0.4, 0.5) is 0 Å². The lowest BCUT2D eigenvalue weighted by Gasteiger charge is -2.01. The van der Waals surface area contributed by atoms with Gasteiger partial charge in [-0.25, -0.2) is 9.97 Å². The van der Waals surface area contributed by atoms with Crippen LogP contribution < -0.4 is 0 Å². The first-order valence-electron chi connectivity index (χ1n) is 4.70. The zero-order chi connectivity index (χ0) is 10.3. The molecule has 2 heterocycles. The third-order valence-corrected chi connectivity index (χ3v) is 2.47. The highest BCUT2D eigenvalue weighted by atomic mass is 16.3. The van der Waals surface area contributed by atoms with Crippen LogP contribution in [-0.4, -0.2) is 20.1 Å². The zero-order valence-electron chi connectivity index (χ0n) is 7.94. The number of H-pyrrole nitrogens is 1. The largest absolute Gasteiger partial charge is 0.390 e. The van der Waals surface area contributed by atoms with Gasteiger partial charge in [0.05, 0.1) is 17.6 Å². The number of aliphatic hydroxyl groups is 1. The summed E-state index contributed by atoms with van der Waals surface area (Å²) in [7, 11) is 0. The molecule has 2 N–H and O–H groups in total. The van der Waals surface area contributed by atoms with Crippen LogP contribution in [0.5, 0.6) is 0 Å². The lowest BCUT2D eigenvalue weighted by atomic mass is 10.2. The molecule has 2 aromatic heterocycles. The highest BCUT2D eigenvalue weighted by Gasteiger charge is 2.01. The number of rotatable bonds is 1. The van der Waals surface area contributed by atoms with Gasteiger partial charge in [-0.1, -0.05) is 6.07 Å². The van der Waals surface area contributed by atoms with Gasteiger partial charge in [0.25, 0.3) is 0 Å². The Morgan fingerprint density at radius 3 is 2.73 bits per heavy atom. The first-order valence-corrected chi connectivity index (χ1v) is 4.70. The van der Waals surface area contributed by atoms with Crippen LogP contribution in [-0.2, 0) is 6.61 Å². The molecule has 0 aliphatic heterocycles. The van der Waals surface area contributed by atoms with E-state index < -0.39 is 0 Å². The van der Waals surface area contributed by atoms with Crippen LogP contribution in [0.2, 0.25) is 0 Å². The van der Waals surface area contributed by atoms with Crippen LogP contribution in [0.3, 0.4) is 0 Å². The minimum atomic E-state index is 0.0146. The van der Waals surface area contributed by atoms with Gasteiger partial charge >= 0.3 is 0 Å². The van der Waals surface area contributed by atoms with Crippen molar-refractivity contribution in [2.24, 2.45) is 0 Å². The number of aliphatic hydroxyl groups excluding tert-OH is 1. The second kappa shape index (κ2) is 3.03. The standard InChI is InChI=1S/C11H9N3O/c15-5-8-2-1-7-3-10-11(13-6-12-10)4-9(7)14-8/h1-4,6,14-15H,5H2. The monoisotopic (exact) mass is 199 g/mol. The summed E-state index contributed by atoms with van der Waals surface area (Å²) in [5.41, 5.74) is 3.53. The van der Waals surface area contributed by atoms with Crippen molar-refractivity contribution in [2.45, 2.75) is 6.61 Å². The zero-order valence-corrected chi connectivity index (χ0v) is 7.94. The summed E-state index contributed by atoms with van der Waals surface area (Å²) >= 11 is 0. The van der Waals surface area contributed by atoms with E-state index in [0.717, 1.165) is 27.6 Å². The number of hydrogen-bond acceptors (Lipinski definition) is 3. The van der Waals surface area contributed by atoms with E-state index in [1.807, 2.05) is 24.3 Å². The van der Waals surface area contributed by atoms with E-state index in [2.05, 4.69) is 15.0 Å². The molecule has 0 aliphatic rings. The van der Waals surface area contributed by atoms with Crippen molar-refractivity contribution in [2.75, 3.05) is 0 Å². The number of fused-ring (bicyclic) bond motifs is 2. The van der Waals surface area contributed by atoms with Gasteiger partial charge in [0.1, 0.15) is 6.33 Å². The Kier molecular flexibility index (Phi) is 1.69. The molecule has 4 nitrogen and oxygen atoms in total. The van der Waals surface area contributed by atoms with Gasteiger partial charge in [-0.15, -0.1) is 0 Å². The van der Waals surface area contributed by atoms with Gasteiger partial charge in [-0.05, 0) is 18.2 Å². The predicted molar refractivity (Wildman–Crippen MR) is 57.3 cm³/mol. The molecular formula is C11H9N3O. The maximum Gasteiger partial charge on any atom is 0.116 e. The first kappa shape index (κ1) is 8.38. The molecule has 0 atom stereocenters. The molecule has 3 rings (SSSR count). The van der Waals surface area contributed by atoms with E-state index in [1.54, 1.807) is 6.33 Å². The quantitative estimate of drug-likeness (QED) is 0.625. The second-order valence-electron chi connectivity index (χ2n) is 3.44. The van der Waals surface area contributed by atoms with Gasteiger partial charge in [0.2, 0.25) is 0 Å². The average molecular weight is 199 g/mol. The van der Waals surface area contributed by atoms with Crippen LogP contribution >= 0.6 is 0 Å². The van der Waals surface area contributed by atoms with Crippen molar-refractivity contribution in [1.82, 2.24) is 15.0 Å². The second-order valence-corrected chi connectivity index (χ2v) is 3.44. The lowest BCUT2D eigenvalue weighted by molar-refractivity contribution is 0.277. The predicted octanol–water partition coefficient (Wildman–Crippen LogP) is 1.60. The molecule has 0 amide bonds. The number of imidazole rings is 1. The van der Waals surface area contributed by atoms with E-state index in [0.29, 0.717) is 0 Å². The number of aromatic nitrogens is 3. The number of hydrogen-bond donors (Lipinski definition) is 2. The molecule has 0 unspecified atom stereocenters. The van der Waals surface area contributed by atoms with E-state index >= 15 is 0 Å². The molecule has 0 aliphatic carbocycles. The van der Waals surface area contributed by atoms with Crippen LogP contribution in [0.1, 0.15) is 5.69 Å². The van der Waals surface area contributed by atoms with E-state index in [9.17, 15) is 0 Å². The van der Waals surface area contributed by atoms with Crippen LogP contribution in [0.15, 0.2) is 30.6 Å². The van der Waals surface area contributed by atoms with E-state index in [4.69, 9.17) is 5.11 Å². The Morgan fingerprint density at radius 2 is 1.93 bits per heavy atom. The third kappa shape index (κ3) is 1.27. The minimum absolute atomic E-state index is 0.0146. The molecular weight excluding hydrogens is 190 g/mol.